The molecule has 0 aliphatic heterocycles. The van der Waals surface area contributed by atoms with Gasteiger partial charge in [-0.15, -0.1) is 11.8 Å². The van der Waals surface area contributed by atoms with Crippen LogP contribution in [0.3, 0.4) is 0 Å². The molecule has 1 atom stereocenters. The van der Waals surface area contributed by atoms with Crippen LogP contribution in [0.4, 0.5) is 0 Å². The normalized spacial score (nSPS) is 12.1. The monoisotopic (exact) mass is 385 g/mol. The number of rotatable bonds is 6. The Kier molecular flexibility index (Phi) is 6.17. The summed E-state index contributed by atoms with van der Waals surface area (Å²) in [5, 5.41) is 1.36. The number of carbonyl (C=O) groups excluding carboxylic acids is 1. The van der Waals surface area contributed by atoms with Crippen molar-refractivity contribution in [2.45, 2.75) is 30.8 Å². The molecular formula is C21H20ClNO2S. The van der Waals surface area contributed by atoms with Gasteiger partial charge in [-0.05, 0) is 35.9 Å². The van der Waals surface area contributed by atoms with Crippen molar-refractivity contribution in [2.75, 3.05) is 6.26 Å². The highest BCUT2D eigenvalue weighted by atomic mass is 35.5. The van der Waals surface area contributed by atoms with Crippen LogP contribution >= 0.6 is 23.4 Å². The molecule has 0 fully saturated rings. The van der Waals surface area contributed by atoms with Crippen LogP contribution in [0.15, 0.2) is 59.5 Å². The predicted octanol–water partition coefficient (Wildman–Crippen LogP) is 5.85. The van der Waals surface area contributed by atoms with Crippen molar-refractivity contribution in [1.29, 1.82) is 0 Å². The maximum absolute atomic E-state index is 12.2. The van der Waals surface area contributed by atoms with E-state index in [1.54, 1.807) is 11.8 Å². The maximum Gasteiger partial charge on any atom is 0.306 e. The van der Waals surface area contributed by atoms with Gasteiger partial charge in [0.1, 0.15) is 11.8 Å². The van der Waals surface area contributed by atoms with Gasteiger partial charge in [-0.2, -0.15) is 0 Å². The van der Waals surface area contributed by atoms with E-state index in [-0.39, 0.29) is 18.5 Å². The van der Waals surface area contributed by atoms with Crippen LogP contribution in [0.5, 0.6) is 0 Å². The van der Waals surface area contributed by atoms with Gasteiger partial charge in [0.25, 0.3) is 0 Å². The van der Waals surface area contributed by atoms with Crippen molar-refractivity contribution in [3.8, 4) is 0 Å². The summed E-state index contributed by atoms with van der Waals surface area (Å²) < 4.78 is 5.43. The van der Waals surface area contributed by atoms with E-state index in [1.165, 1.54) is 0 Å². The van der Waals surface area contributed by atoms with Gasteiger partial charge >= 0.3 is 5.97 Å². The smallest absolute Gasteiger partial charge is 0.306 e. The minimum atomic E-state index is -0.241. The van der Waals surface area contributed by atoms with Crippen molar-refractivity contribution in [1.82, 2.24) is 4.98 Å². The van der Waals surface area contributed by atoms with Crippen molar-refractivity contribution in [3.63, 3.8) is 0 Å². The molecule has 3 nitrogen and oxygen atoms in total. The van der Waals surface area contributed by atoms with Gasteiger partial charge in [-0.25, -0.2) is 4.98 Å². The van der Waals surface area contributed by atoms with E-state index in [0.29, 0.717) is 11.6 Å². The second-order valence-corrected chi connectivity index (χ2v) is 7.41. The van der Waals surface area contributed by atoms with E-state index in [2.05, 4.69) is 4.98 Å². The third-order valence-electron chi connectivity index (χ3n) is 4.28. The molecular weight excluding hydrogens is 366 g/mol. The fourth-order valence-corrected chi connectivity index (χ4v) is 3.40. The number of benzene rings is 2. The van der Waals surface area contributed by atoms with Crippen LogP contribution in [0.2, 0.25) is 5.15 Å². The van der Waals surface area contributed by atoms with Crippen molar-refractivity contribution < 1.29 is 9.53 Å². The van der Waals surface area contributed by atoms with Gasteiger partial charge in [-0.1, -0.05) is 54.9 Å². The number of hydrogen-bond donors (Lipinski definition) is 0. The number of nitrogens with zero attached hydrogens (tertiary/aromatic N) is 1. The fraction of sp³-hybridized carbons (Fsp3) is 0.238. The third kappa shape index (κ3) is 4.57. The molecule has 2 aromatic carbocycles. The topological polar surface area (TPSA) is 39.2 Å². The van der Waals surface area contributed by atoms with Crippen LogP contribution in [-0.2, 0) is 16.1 Å². The lowest BCUT2D eigenvalue weighted by Gasteiger charge is -2.12. The lowest BCUT2D eigenvalue weighted by atomic mass is 9.98. The van der Waals surface area contributed by atoms with Crippen LogP contribution in [-0.4, -0.2) is 17.2 Å². The van der Waals surface area contributed by atoms with E-state index < -0.39 is 0 Å². The summed E-state index contributed by atoms with van der Waals surface area (Å²) in [6.45, 7) is 2.15. The lowest BCUT2D eigenvalue weighted by molar-refractivity contribution is -0.145. The zero-order valence-electron chi connectivity index (χ0n) is 14.7. The zero-order chi connectivity index (χ0) is 18.5. The quantitative estimate of drug-likeness (QED) is 0.303. The van der Waals surface area contributed by atoms with E-state index >= 15 is 0 Å². The Balaban J connectivity index is 1.65. The molecule has 0 amide bonds. The Morgan fingerprint density at radius 3 is 2.69 bits per heavy atom. The fourth-order valence-electron chi connectivity index (χ4n) is 2.76. The molecule has 0 unspecified atom stereocenters. The molecule has 0 aliphatic rings. The Hall–Kier alpha value is -2.04. The first kappa shape index (κ1) is 18.7. The number of fused-ring (bicyclic) bond motifs is 1. The molecule has 3 aromatic rings. The molecule has 0 saturated carbocycles. The first-order valence-electron chi connectivity index (χ1n) is 8.40. The first-order valence-corrected chi connectivity index (χ1v) is 10.0. The summed E-state index contributed by atoms with van der Waals surface area (Å²) in [6, 6.07) is 17.9. The zero-order valence-corrected chi connectivity index (χ0v) is 16.3. The average Bonchev–Trinajstić information content (AvgIpc) is 2.66. The summed E-state index contributed by atoms with van der Waals surface area (Å²) in [5.74, 6) is -0.130. The highest BCUT2D eigenvalue weighted by Crippen LogP contribution is 2.26. The number of hydrogen-bond acceptors (Lipinski definition) is 4. The highest BCUT2D eigenvalue weighted by molar-refractivity contribution is 7.98. The van der Waals surface area contributed by atoms with Gasteiger partial charge < -0.3 is 4.74 Å². The summed E-state index contributed by atoms with van der Waals surface area (Å²) in [4.78, 5) is 17.7. The van der Waals surface area contributed by atoms with Gasteiger partial charge in [-0.3, -0.25) is 4.79 Å². The summed E-state index contributed by atoms with van der Waals surface area (Å²) in [5.41, 5.74) is 2.69. The van der Waals surface area contributed by atoms with Gasteiger partial charge in [0.05, 0.1) is 11.9 Å². The minimum Gasteiger partial charge on any atom is -0.461 e. The molecule has 0 radical (unpaired) electrons. The number of pyridine rings is 1. The Morgan fingerprint density at radius 2 is 1.96 bits per heavy atom. The van der Waals surface area contributed by atoms with E-state index in [4.69, 9.17) is 16.3 Å². The molecule has 0 N–H and O–H groups in total. The molecule has 1 aromatic heterocycles. The SMILES string of the molecule is CSc1ccc2cc(COC(=O)C[C@@H](C)c3ccccc3)c(Cl)nc2c1. The van der Waals surface area contributed by atoms with Crippen molar-refractivity contribution >= 4 is 40.2 Å². The van der Waals surface area contributed by atoms with Crippen molar-refractivity contribution in [3.05, 3.63) is 70.9 Å². The Morgan fingerprint density at radius 1 is 1.19 bits per heavy atom. The van der Waals surface area contributed by atoms with Gasteiger partial charge in [0.2, 0.25) is 0 Å². The molecule has 134 valence electrons. The largest absolute Gasteiger partial charge is 0.461 e. The number of halogens is 1. The van der Waals surface area contributed by atoms with Crippen molar-refractivity contribution in [2.24, 2.45) is 0 Å². The number of ether oxygens (including phenoxy) is 1. The molecule has 0 saturated heterocycles. The summed E-state index contributed by atoms with van der Waals surface area (Å²) in [6.07, 6.45) is 2.35. The molecule has 5 heteroatoms. The van der Waals surface area contributed by atoms with Crippen LogP contribution in [0.1, 0.15) is 30.4 Å². The number of thioether (sulfide) groups is 1. The third-order valence-corrected chi connectivity index (χ3v) is 5.33. The van der Waals surface area contributed by atoms with E-state index in [9.17, 15) is 4.79 Å². The van der Waals surface area contributed by atoms with Gasteiger partial charge in [0.15, 0.2) is 0 Å². The summed E-state index contributed by atoms with van der Waals surface area (Å²) >= 11 is 7.93. The minimum absolute atomic E-state index is 0.110. The molecule has 0 bridgehead atoms. The molecule has 0 spiro atoms. The predicted molar refractivity (Wildman–Crippen MR) is 108 cm³/mol. The lowest BCUT2D eigenvalue weighted by Crippen LogP contribution is -2.09. The molecule has 3 rings (SSSR count). The standard InChI is InChI=1S/C21H20ClNO2S/c1-14(15-6-4-3-5-7-15)10-20(24)25-13-17-11-16-8-9-18(26-2)12-19(16)23-21(17)22/h3-9,11-12,14H,10,13H2,1-2H3/t14-/m1/s1. The first-order chi connectivity index (χ1) is 12.6. The van der Waals surface area contributed by atoms with E-state index in [0.717, 1.165) is 26.9 Å². The molecule has 0 aliphatic carbocycles. The number of aromatic nitrogens is 1. The van der Waals surface area contributed by atoms with Crippen LogP contribution in [0.25, 0.3) is 10.9 Å². The van der Waals surface area contributed by atoms with Gasteiger partial charge in [0, 0.05) is 15.8 Å². The summed E-state index contributed by atoms with van der Waals surface area (Å²) in [7, 11) is 0. The highest BCUT2D eigenvalue weighted by Gasteiger charge is 2.14. The Labute approximate surface area is 162 Å². The Bertz CT molecular complexity index is 915. The second-order valence-electron chi connectivity index (χ2n) is 6.17. The van der Waals surface area contributed by atoms with Crippen LogP contribution < -0.4 is 0 Å². The van der Waals surface area contributed by atoms with Crippen LogP contribution in [0, 0.1) is 0 Å². The molecule has 1 heterocycles. The maximum atomic E-state index is 12.2. The second kappa shape index (κ2) is 8.56. The average molecular weight is 386 g/mol. The molecule has 26 heavy (non-hydrogen) atoms. The number of esters is 1. The van der Waals surface area contributed by atoms with E-state index in [1.807, 2.05) is 67.8 Å². The number of carbonyl (C=O) groups is 1.